The molecule has 0 bridgehead atoms. The van der Waals surface area contributed by atoms with Crippen LogP contribution in [0.15, 0.2) is 12.2 Å². The highest BCUT2D eigenvalue weighted by Crippen LogP contribution is 2.26. The van der Waals surface area contributed by atoms with Gasteiger partial charge in [0.05, 0.1) is 19.8 Å². The van der Waals surface area contributed by atoms with Gasteiger partial charge in [0.25, 0.3) is 0 Å². The number of aliphatic hydroxyl groups excluding tert-OH is 3. The number of rotatable bonds is 54. The maximum absolute atomic E-state index is 12.9. The Morgan fingerprint density at radius 1 is 0.521 bits per heavy atom. The number of esters is 1. The van der Waals surface area contributed by atoms with E-state index in [1.54, 1.807) is 0 Å². The molecule has 6 unspecified atom stereocenters. The highest BCUT2D eigenvalue weighted by atomic mass is 32.3. The maximum atomic E-state index is 12.9. The molecule has 1 heterocycles. The van der Waals surface area contributed by atoms with Crippen LogP contribution in [0.5, 0.6) is 0 Å². The fourth-order valence-corrected chi connectivity index (χ4v) is 10.1. The van der Waals surface area contributed by atoms with Crippen molar-refractivity contribution >= 4 is 16.4 Å². The monoisotopic (exact) mass is 1030 g/mol. The molecule has 0 spiro atoms. The molecule has 4 N–H and O–H groups in total. The van der Waals surface area contributed by atoms with E-state index in [2.05, 4.69) is 30.2 Å². The Balaban J connectivity index is 2.25. The van der Waals surface area contributed by atoms with Crippen molar-refractivity contribution < 1.29 is 56.2 Å². The van der Waals surface area contributed by atoms with Gasteiger partial charge in [-0.3, -0.25) is 9.35 Å². The van der Waals surface area contributed by atoms with Gasteiger partial charge in [0.1, 0.15) is 30.5 Å². The lowest BCUT2D eigenvalue weighted by molar-refractivity contribution is -0.301. The van der Waals surface area contributed by atoms with Crippen molar-refractivity contribution in [1.29, 1.82) is 0 Å². The molecule has 71 heavy (non-hydrogen) atoms. The average molecular weight is 1030 g/mol. The molecule has 422 valence electrons. The summed E-state index contributed by atoms with van der Waals surface area (Å²) in [5.41, 5.74) is 0. The minimum Gasteiger partial charge on any atom is -0.457 e. The molecule has 6 atom stereocenters. The van der Waals surface area contributed by atoms with Crippen LogP contribution in [0.2, 0.25) is 0 Å². The molecule has 1 saturated heterocycles. The van der Waals surface area contributed by atoms with E-state index in [1.165, 1.54) is 218 Å². The molecule has 1 rings (SSSR count). The first kappa shape index (κ1) is 67.9. The van der Waals surface area contributed by atoms with Crippen molar-refractivity contribution in [3.05, 3.63) is 12.2 Å². The zero-order chi connectivity index (χ0) is 51.7. The Kier molecular flexibility index (Phi) is 47.5. The van der Waals surface area contributed by atoms with Crippen LogP contribution in [0.1, 0.15) is 290 Å². The highest BCUT2D eigenvalue weighted by molar-refractivity contribution is 7.80. The molecule has 0 aromatic rings. The molecule has 0 saturated carbocycles. The predicted octanol–water partition coefficient (Wildman–Crippen LogP) is 14.9. The van der Waals surface area contributed by atoms with Crippen LogP contribution >= 0.6 is 0 Å². The third-order valence-electron chi connectivity index (χ3n) is 14.1. The molecular weight excluding hydrogens is 921 g/mol. The second-order valence-electron chi connectivity index (χ2n) is 20.9. The second-order valence-corrected chi connectivity index (χ2v) is 22.0. The summed E-state index contributed by atoms with van der Waals surface area (Å²) in [6.07, 6.45) is 49.7. The maximum Gasteiger partial charge on any atom is 0.397 e. The SMILES string of the molecule is CCCCCCCCC/C=C\CCCCCCCCCC(=O)OC(COCCCCCCCCCCCCCCCCCCCCCCCCCCCC)COC1OC(CO)C(O)C(OS(=O)(=O)O)C1O. The van der Waals surface area contributed by atoms with Gasteiger partial charge >= 0.3 is 16.4 Å². The Morgan fingerprint density at radius 2 is 0.887 bits per heavy atom. The number of hydrogen-bond donors (Lipinski definition) is 4. The van der Waals surface area contributed by atoms with Crippen LogP contribution < -0.4 is 0 Å². The van der Waals surface area contributed by atoms with E-state index in [0.29, 0.717) is 13.0 Å². The molecular formula is C58H112O12S. The Hall–Kier alpha value is -1.16. The number of ether oxygens (including phenoxy) is 4. The number of allylic oxidation sites excluding steroid dienone is 2. The van der Waals surface area contributed by atoms with E-state index in [4.69, 9.17) is 18.9 Å². The standard InChI is InChI=1S/C58H112O12S/c1-3-5-7-9-11-13-15-17-19-21-23-24-25-26-27-28-29-30-32-34-36-38-40-42-44-46-48-66-50-52(51-67-58-56(62)57(70-71(63,64)65)55(61)53(49-59)69-58)68-54(60)47-45-43-41-39-37-35-33-31-22-20-18-16-14-12-10-8-6-4-2/h20,22,52-53,55-59,61-62H,3-19,21,23-51H2,1-2H3,(H,63,64,65)/b22-20-. The molecule has 13 heteroatoms. The number of unbranched alkanes of at least 4 members (excludes halogenated alkanes) is 39. The van der Waals surface area contributed by atoms with Gasteiger partial charge in [0, 0.05) is 13.0 Å². The van der Waals surface area contributed by atoms with Gasteiger partial charge in [0.2, 0.25) is 0 Å². The molecule has 1 aliphatic rings. The molecule has 0 amide bonds. The number of carbonyl (C=O) groups is 1. The van der Waals surface area contributed by atoms with E-state index in [-0.39, 0.29) is 19.6 Å². The van der Waals surface area contributed by atoms with Crippen molar-refractivity contribution in [3.63, 3.8) is 0 Å². The van der Waals surface area contributed by atoms with Crippen LogP contribution in [0.3, 0.4) is 0 Å². The van der Waals surface area contributed by atoms with E-state index < -0.39 is 59.8 Å². The van der Waals surface area contributed by atoms with Gasteiger partial charge in [0.15, 0.2) is 6.29 Å². The highest BCUT2D eigenvalue weighted by Gasteiger charge is 2.48. The van der Waals surface area contributed by atoms with E-state index >= 15 is 0 Å². The summed E-state index contributed by atoms with van der Waals surface area (Å²) in [5.74, 6) is -0.396. The van der Waals surface area contributed by atoms with E-state index in [0.717, 1.165) is 44.9 Å². The zero-order valence-electron chi connectivity index (χ0n) is 45.8. The molecule has 1 fully saturated rings. The number of carbonyl (C=O) groups excluding carboxylic acids is 1. The third kappa shape index (κ3) is 42.7. The van der Waals surface area contributed by atoms with Crippen LogP contribution in [0.25, 0.3) is 0 Å². The lowest BCUT2D eigenvalue weighted by Crippen LogP contribution is -2.60. The van der Waals surface area contributed by atoms with Crippen molar-refractivity contribution in [2.45, 2.75) is 327 Å². The summed E-state index contributed by atoms with van der Waals surface area (Å²) >= 11 is 0. The Bertz CT molecular complexity index is 1280. The van der Waals surface area contributed by atoms with Crippen LogP contribution in [0.4, 0.5) is 0 Å². The summed E-state index contributed by atoms with van der Waals surface area (Å²) in [6.45, 7) is 4.06. The average Bonchev–Trinajstić information content (AvgIpc) is 3.35. The molecule has 0 aliphatic carbocycles. The normalized spacial score (nSPS) is 19.0. The van der Waals surface area contributed by atoms with E-state index in [1.807, 2.05) is 0 Å². The zero-order valence-corrected chi connectivity index (χ0v) is 46.6. The van der Waals surface area contributed by atoms with Gasteiger partial charge < -0.3 is 34.3 Å². The summed E-state index contributed by atoms with van der Waals surface area (Å²) in [4.78, 5) is 12.9. The molecule has 0 aromatic heterocycles. The van der Waals surface area contributed by atoms with E-state index in [9.17, 15) is 33.1 Å². The molecule has 1 aliphatic heterocycles. The van der Waals surface area contributed by atoms with Crippen molar-refractivity contribution in [3.8, 4) is 0 Å². The first-order chi connectivity index (χ1) is 34.6. The first-order valence-electron chi connectivity index (χ1n) is 29.9. The summed E-state index contributed by atoms with van der Waals surface area (Å²) < 4.78 is 59.5. The predicted molar refractivity (Wildman–Crippen MR) is 290 cm³/mol. The summed E-state index contributed by atoms with van der Waals surface area (Å²) in [5, 5.41) is 30.8. The molecule has 0 radical (unpaired) electrons. The smallest absolute Gasteiger partial charge is 0.397 e. The molecule has 12 nitrogen and oxygen atoms in total. The largest absolute Gasteiger partial charge is 0.457 e. The number of aliphatic hydroxyl groups is 3. The van der Waals surface area contributed by atoms with Gasteiger partial charge in [-0.2, -0.15) is 8.42 Å². The van der Waals surface area contributed by atoms with Crippen molar-refractivity contribution in [1.82, 2.24) is 0 Å². The van der Waals surface area contributed by atoms with Gasteiger partial charge in [-0.05, 0) is 38.5 Å². The fourth-order valence-electron chi connectivity index (χ4n) is 9.61. The second kappa shape index (κ2) is 49.7. The molecule has 0 aromatic carbocycles. The Labute approximate surface area is 436 Å². The van der Waals surface area contributed by atoms with Crippen LogP contribution in [0, 0.1) is 0 Å². The van der Waals surface area contributed by atoms with Gasteiger partial charge in [-0.1, -0.05) is 257 Å². The Morgan fingerprint density at radius 3 is 1.27 bits per heavy atom. The summed E-state index contributed by atoms with van der Waals surface area (Å²) in [7, 11) is -5.06. The minimum atomic E-state index is -5.06. The van der Waals surface area contributed by atoms with Crippen molar-refractivity contribution in [2.75, 3.05) is 26.4 Å². The van der Waals surface area contributed by atoms with Gasteiger partial charge in [-0.25, -0.2) is 4.18 Å². The van der Waals surface area contributed by atoms with Gasteiger partial charge in [-0.15, -0.1) is 0 Å². The van der Waals surface area contributed by atoms with Crippen LogP contribution in [-0.2, 0) is 38.3 Å². The topological polar surface area (TPSA) is 178 Å². The lowest BCUT2D eigenvalue weighted by Gasteiger charge is -2.41. The first-order valence-corrected chi connectivity index (χ1v) is 31.3. The van der Waals surface area contributed by atoms with Crippen LogP contribution in [-0.4, -0.2) is 97.5 Å². The lowest BCUT2D eigenvalue weighted by atomic mass is 9.99. The third-order valence-corrected chi connectivity index (χ3v) is 14.6. The van der Waals surface area contributed by atoms with Crippen molar-refractivity contribution in [2.24, 2.45) is 0 Å². The quantitative estimate of drug-likeness (QED) is 0.0196. The summed E-state index contributed by atoms with van der Waals surface area (Å²) in [6, 6.07) is 0. The fraction of sp³-hybridized carbons (Fsp3) is 0.948. The number of hydrogen-bond acceptors (Lipinski definition) is 11. The minimum absolute atomic E-state index is 0.0410.